The molecule has 141 valence electrons. The van der Waals surface area contributed by atoms with Crippen LogP contribution in [-0.2, 0) is 6.42 Å². The Hall–Kier alpha value is -2.93. The molecule has 0 bridgehead atoms. The number of phenolic OH excluding ortho intramolecular Hbond substituents is 2. The van der Waals surface area contributed by atoms with E-state index in [0.717, 1.165) is 30.0 Å². The number of aryl methyl sites for hydroxylation is 1. The van der Waals surface area contributed by atoms with Crippen LogP contribution in [0.2, 0.25) is 0 Å². The van der Waals surface area contributed by atoms with Gasteiger partial charge in [0, 0.05) is 37.8 Å². The first-order valence-corrected chi connectivity index (χ1v) is 9.16. The standard InChI is InChI=1S/C20H23N4O3/c1-2-13-10-17(19(26)11-18(13)25)24-12-22-15-9-14(3-4-16(15)24)20(27)23-7-5-21-6-8-23/h3-4,9-12,21-22,25-26H,2,5-8H2,1H3. The van der Waals surface area contributed by atoms with Gasteiger partial charge in [0.05, 0.1) is 17.1 Å². The summed E-state index contributed by atoms with van der Waals surface area (Å²) >= 11 is 0. The Kier molecular flexibility index (Phi) is 4.53. The zero-order valence-corrected chi connectivity index (χ0v) is 15.2. The predicted octanol–water partition coefficient (Wildman–Crippen LogP) is 2.39. The Morgan fingerprint density at radius 1 is 1.07 bits per heavy atom. The summed E-state index contributed by atoms with van der Waals surface area (Å²) in [5, 5.41) is 26.6. The second-order valence-corrected chi connectivity index (χ2v) is 6.74. The normalized spacial score (nSPS) is 16.2. The number of carbonyl (C=O) groups is 1. The lowest BCUT2D eigenvalue weighted by molar-refractivity contribution is 0.0736. The second kappa shape index (κ2) is 7.00. The number of anilines is 3. The van der Waals surface area contributed by atoms with E-state index in [9.17, 15) is 15.0 Å². The third-order valence-corrected chi connectivity index (χ3v) is 5.07. The monoisotopic (exact) mass is 367 g/mol. The van der Waals surface area contributed by atoms with Crippen molar-refractivity contribution in [2.24, 2.45) is 0 Å². The minimum absolute atomic E-state index is 0.00318. The van der Waals surface area contributed by atoms with Gasteiger partial charge in [-0.15, -0.1) is 0 Å². The molecule has 2 aromatic carbocycles. The highest BCUT2D eigenvalue weighted by molar-refractivity contribution is 5.98. The van der Waals surface area contributed by atoms with Crippen molar-refractivity contribution in [1.29, 1.82) is 0 Å². The SMILES string of the molecule is CCc1cc(N2[CH]Nc3cc(C(=O)N4CCNCC4)ccc32)c(O)cc1O. The molecule has 1 radical (unpaired) electrons. The van der Waals surface area contributed by atoms with Crippen molar-refractivity contribution < 1.29 is 15.0 Å². The number of rotatable bonds is 3. The van der Waals surface area contributed by atoms with Gasteiger partial charge in [0.1, 0.15) is 18.2 Å². The molecule has 2 heterocycles. The molecular weight excluding hydrogens is 344 g/mol. The van der Waals surface area contributed by atoms with E-state index in [1.807, 2.05) is 34.9 Å². The highest BCUT2D eigenvalue weighted by atomic mass is 16.3. The van der Waals surface area contributed by atoms with Crippen molar-refractivity contribution in [2.45, 2.75) is 13.3 Å². The molecule has 4 rings (SSSR count). The molecule has 1 amide bonds. The van der Waals surface area contributed by atoms with Crippen molar-refractivity contribution >= 4 is 23.0 Å². The summed E-state index contributed by atoms with van der Waals surface area (Å²) < 4.78 is 0. The number of amides is 1. The van der Waals surface area contributed by atoms with Gasteiger partial charge in [0.25, 0.3) is 5.91 Å². The average molecular weight is 367 g/mol. The van der Waals surface area contributed by atoms with Crippen LogP contribution >= 0.6 is 0 Å². The predicted molar refractivity (Wildman–Crippen MR) is 104 cm³/mol. The summed E-state index contributed by atoms with van der Waals surface area (Å²) in [7, 11) is 0. The summed E-state index contributed by atoms with van der Waals surface area (Å²) in [6.07, 6.45) is 0.658. The maximum absolute atomic E-state index is 12.7. The van der Waals surface area contributed by atoms with Crippen molar-refractivity contribution in [2.75, 3.05) is 36.4 Å². The number of hydrogen-bond donors (Lipinski definition) is 4. The number of hydrogen-bond acceptors (Lipinski definition) is 6. The Balaban J connectivity index is 1.63. The molecule has 0 aliphatic carbocycles. The Labute approximate surface area is 158 Å². The summed E-state index contributed by atoms with van der Waals surface area (Å²) in [6.45, 7) is 6.75. The van der Waals surface area contributed by atoms with Crippen LogP contribution in [0.5, 0.6) is 11.5 Å². The van der Waals surface area contributed by atoms with Gasteiger partial charge in [-0.3, -0.25) is 4.79 Å². The molecule has 2 aliphatic rings. The maximum atomic E-state index is 12.7. The summed E-state index contributed by atoms with van der Waals surface area (Å²) in [5.74, 6) is 0.111. The molecular formula is C20H23N4O3. The largest absolute Gasteiger partial charge is 0.508 e. The molecule has 27 heavy (non-hydrogen) atoms. The molecule has 7 heteroatoms. The van der Waals surface area contributed by atoms with Gasteiger partial charge in [0.15, 0.2) is 0 Å². The van der Waals surface area contributed by atoms with E-state index >= 15 is 0 Å². The smallest absolute Gasteiger partial charge is 0.254 e. The summed E-state index contributed by atoms with van der Waals surface area (Å²) in [6, 6.07) is 8.67. The van der Waals surface area contributed by atoms with Crippen LogP contribution < -0.4 is 15.5 Å². The van der Waals surface area contributed by atoms with E-state index in [-0.39, 0.29) is 17.4 Å². The van der Waals surface area contributed by atoms with Gasteiger partial charge < -0.3 is 30.6 Å². The lowest BCUT2D eigenvalue weighted by Crippen LogP contribution is -2.46. The first-order chi connectivity index (χ1) is 13.1. The molecule has 1 fully saturated rings. The summed E-state index contributed by atoms with van der Waals surface area (Å²) in [5.41, 5.74) is 3.63. The molecule has 1 saturated heterocycles. The van der Waals surface area contributed by atoms with Crippen molar-refractivity contribution in [3.05, 3.63) is 48.1 Å². The van der Waals surface area contributed by atoms with Crippen molar-refractivity contribution in [3.63, 3.8) is 0 Å². The number of phenols is 2. The topological polar surface area (TPSA) is 88.1 Å². The Morgan fingerprint density at radius 2 is 1.85 bits per heavy atom. The highest BCUT2D eigenvalue weighted by Gasteiger charge is 2.26. The lowest BCUT2D eigenvalue weighted by atomic mass is 10.1. The Bertz CT molecular complexity index is 878. The molecule has 0 spiro atoms. The zero-order valence-electron chi connectivity index (χ0n) is 15.2. The zero-order chi connectivity index (χ0) is 19.0. The van der Waals surface area contributed by atoms with Gasteiger partial charge >= 0.3 is 0 Å². The quantitative estimate of drug-likeness (QED) is 0.666. The first kappa shape index (κ1) is 17.5. The molecule has 0 aromatic heterocycles. The van der Waals surface area contributed by atoms with Crippen LogP contribution in [0.15, 0.2) is 30.3 Å². The number of nitrogens with zero attached hydrogens (tertiary/aromatic N) is 2. The van der Waals surface area contributed by atoms with E-state index in [4.69, 9.17) is 0 Å². The first-order valence-electron chi connectivity index (χ1n) is 9.16. The van der Waals surface area contributed by atoms with E-state index in [1.54, 1.807) is 12.7 Å². The van der Waals surface area contributed by atoms with Crippen molar-refractivity contribution in [1.82, 2.24) is 10.2 Å². The number of aromatic hydroxyl groups is 2. The van der Waals surface area contributed by atoms with Gasteiger partial charge in [-0.2, -0.15) is 0 Å². The van der Waals surface area contributed by atoms with Crippen LogP contribution in [0.25, 0.3) is 0 Å². The minimum Gasteiger partial charge on any atom is -0.508 e. The lowest BCUT2D eigenvalue weighted by Gasteiger charge is -2.27. The van der Waals surface area contributed by atoms with E-state index in [0.29, 0.717) is 30.8 Å². The summed E-state index contributed by atoms with van der Waals surface area (Å²) in [4.78, 5) is 16.4. The second-order valence-electron chi connectivity index (χ2n) is 6.74. The van der Waals surface area contributed by atoms with Crippen LogP contribution in [0, 0.1) is 6.67 Å². The molecule has 0 unspecified atom stereocenters. The van der Waals surface area contributed by atoms with Crippen molar-refractivity contribution in [3.8, 4) is 11.5 Å². The fourth-order valence-electron chi connectivity index (χ4n) is 3.53. The minimum atomic E-state index is -0.00318. The molecule has 2 aromatic rings. The van der Waals surface area contributed by atoms with Crippen LogP contribution in [0.1, 0.15) is 22.8 Å². The van der Waals surface area contributed by atoms with E-state index < -0.39 is 0 Å². The van der Waals surface area contributed by atoms with Gasteiger partial charge in [0.2, 0.25) is 0 Å². The van der Waals surface area contributed by atoms with E-state index in [2.05, 4.69) is 10.6 Å². The Morgan fingerprint density at radius 3 is 2.59 bits per heavy atom. The van der Waals surface area contributed by atoms with Gasteiger partial charge in [-0.25, -0.2) is 0 Å². The fourth-order valence-corrected chi connectivity index (χ4v) is 3.53. The number of benzene rings is 2. The van der Waals surface area contributed by atoms with Gasteiger partial charge in [-0.05, 0) is 36.2 Å². The molecule has 2 aliphatic heterocycles. The number of carbonyl (C=O) groups excluding carboxylic acids is 1. The molecule has 4 N–H and O–H groups in total. The third-order valence-electron chi connectivity index (χ3n) is 5.07. The number of fused-ring (bicyclic) bond motifs is 1. The van der Waals surface area contributed by atoms with E-state index in [1.165, 1.54) is 6.07 Å². The average Bonchev–Trinajstić information content (AvgIpc) is 3.11. The third kappa shape index (κ3) is 3.14. The van der Waals surface area contributed by atoms with Gasteiger partial charge in [-0.1, -0.05) is 6.92 Å². The maximum Gasteiger partial charge on any atom is 0.254 e. The number of nitrogens with one attached hydrogen (secondary N) is 2. The van der Waals surface area contributed by atoms with Crippen LogP contribution in [0.4, 0.5) is 17.1 Å². The highest BCUT2D eigenvalue weighted by Crippen LogP contribution is 2.44. The molecule has 0 atom stereocenters. The van der Waals surface area contributed by atoms with Crippen LogP contribution in [0.3, 0.4) is 0 Å². The van der Waals surface area contributed by atoms with Crippen LogP contribution in [-0.4, -0.2) is 47.2 Å². The molecule has 7 nitrogen and oxygen atoms in total. The fraction of sp³-hybridized carbons (Fsp3) is 0.300. The number of piperazine rings is 1. The molecule has 0 saturated carbocycles.